The van der Waals surface area contributed by atoms with Gasteiger partial charge in [-0.15, -0.1) is 0 Å². The molecular weight excluding hydrogens is 639 g/mol. The first-order chi connectivity index (χ1) is 25.2. The third-order valence-corrected chi connectivity index (χ3v) is 12.5. The van der Waals surface area contributed by atoms with Crippen molar-refractivity contribution in [1.29, 1.82) is 0 Å². The van der Waals surface area contributed by atoms with E-state index in [1.807, 2.05) is 0 Å². The summed E-state index contributed by atoms with van der Waals surface area (Å²) in [6, 6.07) is 46.7. The van der Waals surface area contributed by atoms with Crippen molar-refractivity contribution in [3.8, 4) is 28.1 Å². The van der Waals surface area contributed by atoms with Gasteiger partial charge in [0.15, 0.2) is 0 Å². The molecule has 0 saturated heterocycles. The van der Waals surface area contributed by atoms with Crippen LogP contribution in [0.15, 0.2) is 121 Å². The van der Waals surface area contributed by atoms with Gasteiger partial charge in [0.2, 0.25) is 0 Å². The molecule has 7 aromatic rings. The van der Waals surface area contributed by atoms with Crippen LogP contribution in [0, 0.1) is 6.92 Å². The van der Waals surface area contributed by atoms with Crippen LogP contribution in [0.3, 0.4) is 0 Å². The lowest BCUT2D eigenvalue weighted by atomic mass is 9.33. The lowest BCUT2D eigenvalue weighted by molar-refractivity contribution is 0.590. The molecule has 2 nitrogen and oxygen atoms in total. The van der Waals surface area contributed by atoms with E-state index in [0.717, 1.165) is 0 Å². The second-order valence-corrected chi connectivity index (χ2v) is 18.3. The summed E-state index contributed by atoms with van der Waals surface area (Å²) in [6.07, 6.45) is 0. The lowest BCUT2D eigenvalue weighted by Crippen LogP contribution is -2.60. The molecule has 53 heavy (non-hydrogen) atoms. The largest absolute Gasteiger partial charge is 0.311 e. The highest BCUT2D eigenvalue weighted by Crippen LogP contribution is 2.55. The van der Waals surface area contributed by atoms with Crippen LogP contribution in [-0.4, -0.2) is 11.3 Å². The molecule has 6 aromatic carbocycles. The fourth-order valence-corrected chi connectivity index (χ4v) is 9.88. The Labute approximate surface area is 315 Å². The number of aromatic nitrogens is 1. The Morgan fingerprint density at radius 2 is 1.25 bits per heavy atom. The van der Waals surface area contributed by atoms with Crippen LogP contribution in [0.1, 0.15) is 83.2 Å². The molecular formula is C50H47BN2. The van der Waals surface area contributed by atoms with Crippen LogP contribution in [0.5, 0.6) is 0 Å². The van der Waals surface area contributed by atoms with E-state index in [4.69, 9.17) is 0 Å². The van der Waals surface area contributed by atoms with Crippen LogP contribution < -0.4 is 21.3 Å². The van der Waals surface area contributed by atoms with E-state index < -0.39 is 0 Å². The van der Waals surface area contributed by atoms with E-state index in [0.29, 0.717) is 0 Å². The Kier molecular flexibility index (Phi) is 6.51. The minimum absolute atomic E-state index is 0.00183. The average Bonchev–Trinajstić information content (AvgIpc) is 3.60. The quantitative estimate of drug-likeness (QED) is 0.164. The third kappa shape index (κ3) is 4.40. The van der Waals surface area contributed by atoms with Gasteiger partial charge in [-0.05, 0) is 97.9 Å². The van der Waals surface area contributed by atoms with Crippen molar-refractivity contribution < 1.29 is 0 Å². The van der Waals surface area contributed by atoms with Gasteiger partial charge in [-0.2, -0.15) is 0 Å². The van der Waals surface area contributed by atoms with Crippen molar-refractivity contribution in [1.82, 2.24) is 4.57 Å². The second kappa shape index (κ2) is 10.7. The first kappa shape index (κ1) is 32.4. The number of nitrogens with zero attached hydrogens (tertiary/aromatic N) is 2. The van der Waals surface area contributed by atoms with Gasteiger partial charge in [-0.3, -0.25) is 0 Å². The molecule has 0 unspecified atom stereocenters. The molecule has 0 bridgehead atoms. The smallest absolute Gasteiger partial charge is 0.252 e. The predicted molar refractivity (Wildman–Crippen MR) is 228 cm³/mol. The Balaban J connectivity index is 1.36. The second-order valence-electron chi connectivity index (χ2n) is 18.3. The van der Waals surface area contributed by atoms with Gasteiger partial charge < -0.3 is 9.47 Å². The van der Waals surface area contributed by atoms with Gasteiger partial charge in [0.1, 0.15) is 0 Å². The van der Waals surface area contributed by atoms with Crippen molar-refractivity contribution in [2.45, 2.75) is 78.6 Å². The summed E-state index contributed by atoms with van der Waals surface area (Å²) in [7, 11) is 0. The molecule has 0 amide bonds. The van der Waals surface area contributed by atoms with E-state index in [1.54, 1.807) is 0 Å². The lowest BCUT2D eigenvalue weighted by Gasteiger charge is -2.42. The summed E-state index contributed by atoms with van der Waals surface area (Å²) in [5.74, 6) is 0. The van der Waals surface area contributed by atoms with E-state index in [-0.39, 0.29) is 23.0 Å². The Morgan fingerprint density at radius 1 is 0.566 bits per heavy atom. The van der Waals surface area contributed by atoms with Crippen molar-refractivity contribution in [2.24, 2.45) is 0 Å². The maximum Gasteiger partial charge on any atom is 0.252 e. The highest BCUT2D eigenvalue weighted by atomic mass is 15.2. The van der Waals surface area contributed by atoms with Crippen molar-refractivity contribution in [2.75, 3.05) is 4.90 Å². The number of hydrogen-bond acceptors (Lipinski definition) is 1. The molecule has 3 heterocycles. The fraction of sp³-hybridized carbons (Fsp3) is 0.240. The monoisotopic (exact) mass is 686 g/mol. The van der Waals surface area contributed by atoms with E-state index in [1.165, 1.54) is 100 Å². The molecule has 3 aliphatic rings. The van der Waals surface area contributed by atoms with E-state index in [2.05, 4.69) is 193 Å². The van der Waals surface area contributed by atoms with Crippen molar-refractivity contribution in [3.05, 3.63) is 149 Å². The van der Waals surface area contributed by atoms with Crippen LogP contribution in [0.4, 0.5) is 17.1 Å². The zero-order valence-electron chi connectivity index (χ0n) is 32.5. The van der Waals surface area contributed by atoms with Crippen LogP contribution in [0.25, 0.3) is 39.0 Å². The van der Waals surface area contributed by atoms with Gasteiger partial charge in [0.05, 0.1) is 11.4 Å². The number of hydrogen-bond donors (Lipinski definition) is 0. The first-order valence-electron chi connectivity index (χ1n) is 19.3. The van der Waals surface area contributed by atoms with E-state index in [9.17, 15) is 0 Å². The Bertz CT molecular complexity index is 2680. The minimum atomic E-state index is -0.105. The van der Waals surface area contributed by atoms with E-state index >= 15 is 0 Å². The highest BCUT2D eigenvalue weighted by Gasteiger charge is 2.47. The summed E-state index contributed by atoms with van der Waals surface area (Å²) in [6.45, 7) is 21.2. The average molecular weight is 687 g/mol. The molecule has 0 N–H and O–H groups in total. The number of para-hydroxylation sites is 1. The van der Waals surface area contributed by atoms with Crippen LogP contribution in [-0.2, 0) is 16.2 Å². The Morgan fingerprint density at radius 3 is 2.00 bits per heavy atom. The Hall–Kier alpha value is -5.28. The van der Waals surface area contributed by atoms with Crippen LogP contribution in [0.2, 0.25) is 0 Å². The topological polar surface area (TPSA) is 8.17 Å². The van der Waals surface area contributed by atoms with Crippen molar-refractivity contribution in [3.63, 3.8) is 0 Å². The molecule has 0 radical (unpaired) electrons. The number of aryl methyl sites for hydroxylation is 1. The summed E-state index contributed by atoms with van der Waals surface area (Å²) in [5, 5.41) is 1.38. The molecule has 0 saturated carbocycles. The van der Waals surface area contributed by atoms with Gasteiger partial charge in [-0.1, -0.05) is 146 Å². The highest BCUT2D eigenvalue weighted by molar-refractivity contribution is 7.00. The first-order valence-corrected chi connectivity index (χ1v) is 19.3. The van der Waals surface area contributed by atoms with Crippen LogP contribution >= 0.6 is 0 Å². The minimum Gasteiger partial charge on any atom is -0.311 e. The summed E-state index contributed by atoms with van der Waals surface area (Å²) < 4.78 is 2.66. The third-order valence-electron chi connectivity index (χ3n) is 12.5. The molecule has 1 aliphatic carbocycles. The molecule has 10 rings (SSSR count). The maximum atomic E-state index is 2.66. The zero-order valence-corrected chi connectivity index (χ0v) is 32.5. The predicted octanol–water partition coefficient (Wildman–Crippen LogP) is 11.1. The summed E-state index contributed by atoms with van der Waals surface area (Å²) >= 11 is 0. The number of benzene rings is 6. The molecule has 2 aliphatic heterocycles. The van der Waals surface area contributed by atoms with Gasteiger partial charge in [-0.25, -0.2) is 0 Å². The molecule has 260 valence electrons. The summed E-state index contributed by atoms with van der Waals surface area (Å²) in [4.78, 5) is 2.62. The number of anilines is 3. The molecule has 0 spiro atoms. The normalized spacial score (nSPS) is 15.0. The number of fused-ring (bicyclic) bond motifs is 9. The van der Waals surface area contributed by atoms with Gasteiger partial charge >= 0.3 is 0 Å². The molecule has 0 fully saturated rings. The van der Waals surface area contributed by atoms with Gasteiger partial charge in [0.25, 0.3) is 6.71 Å². The number of rotatable bonds is 2. The zero-order chi connectivity index (χ0) is 36.8. The SMILES string of the molecule is Cc1cc2c3c(c1)-n1c4c(c5cccc(c51)B3c1ccc(C(C)(C)C)cc1N2c1ccc(C(C)(C)C)cc1-c1ccccc1)C(C)(C)c1ccccc1-4. The maximum absolute atomic E-state index is 2.66. The molecule has 0 atom stereocenters. The summed E-state index contributed by atoms with van der Waals surface area (Å²) in [5.41, 5.74) is 22.6. The molecule has 1 aromatic heterocycles. The standard InChI is InChI=1S/C50H47BN2/c1-30-26-42-45-43(27-30)53-46-35(44-47(53)34-18-13-14-20-37(34)50(44,8)9)19-15-21-39(46)51(45)38-24-22-33(49(5,6)7)29-41(38)52(42)40-25-23-32(48(2,3)4)28-36(40)31-16-11-10-12-17-31/h10-29H,1-9H3. The van der Waals surface area contributed by atoms with Crippen molar-refractivity contribution >= 4 is 51.1 Å². The van der Waals surface area contributed by atoms with Gasteiger partial charge in [0, 0.05) is 44.5 Å². The fourth-order valence-electron chi connectivity index (χ4n) is 9.88. The molecule has 3 heteroatoms.